The summed E-state index contributed by atoms with van der Waals surface area (Å²) in [7, 11) is 3.56. The lowest BCUT2D eigenvalue weighted by molar-refractivity contribution is 0.0828. The first-order valence-corrected chi connectivity index (χ1v) is 7.26. The Morgan fingerprint density at radius 3 is 2.65 bits per heavy atom. The van der Waals surface area contributed by atoms with E-state index in [1.165, 1.54) is 6.42 Å². The summed E-state index contributed by atoms with van der Waals surface area (Å²) in [4.78, 5) is 16.2. The fourth-order valence-electron chi connectivity index (χ4n) is 2.78. The van der Waals surface area contributed by atoms with Gasteiger partial charge in [0.25, 0.3) is 5.91 Å². The van der Waals surface area contributed by atoms with Crippen LogP contribution < -0.4 is 10.6 Å². The average molecular weight is 275 g/mol. The minimum atomic E-state index is 0.0352. The molecule has 1 aliphatic heterocycles. The third-order valence-corrected chi connectivity index (χ3v) is 4.17. The van der Waals surface area contributed by atoms with E-state index in [-0.39, 0.29) is 5.91 Å². The number of carbonyl (C=O) groups excluding carboxylic acids is 1. The molecule has 0 saturated carbocycles. The molecule has 1 aliphatic rings. The first-order chi connectivity index (χ1) is 9.40. The monoisotopic (exact) mass is 275 g/mol. The van der Waals surface area contributed by atoms with Crippen LogP contribution in [0.3, 0.4) is 0 Å². The quantitative estimate of drug-likeness (QED) is 0.862. The van der Waals surface area contributed by atoms with Crippen LogP contribution in [0.15, 0.2) is 18.2 Å². The Bertz CT molecular complexity index is 496. The highest BCUT2D eigenvalue weighted by atomic mass is 16.2. The second-order valence-corrected chi connectivity index (χ2v) is 6.21. The molecule has 0 radical (unpaired) electrons. The highest BCUT2D eigenvalue weighted by Crippen LogP contribution is 2.32. The van der Waals surface area contributed by atoms with Gasteiger partial charge in [0.05, 0.1) is 11.3 Å². The molecule has 110 valence electrons. The molecule has 2 N–H and O–H groups in total. The molecule has 1 unspecified atom stereocenters. The summed E-state index contributed by atoms with van der Waals surface area (Å²) in [6.45, 7) is 6.54. The molecule has 1 saturated heterocycles. The van der Waals surface area contributed by atoms with Crippen LogP contribution in [-0.2, 0) is 0 Å². The SMILES string of the molecule is CC(C)C1CCN(c2cc(N)ccc2C(=O)N(C)C)C1. The van der Waals surface area contributed by atoms with Crippen LogP contribution in [0.25, 0.3) is 0 Å². The molecule has 4 heteroatoms. The first-order valence-electron chi connectivity index (χ1n) is 7.26. The molecule has 0 spiro atoms. The molecule has 1 amide bonds. The lowest BCUT2D eigenvalue weighted by Gasteiger charge is -2.24. The second-order valence-electron chi connectivity index (χ2n) is 6.21. The maximum absolute atomic E-state index is 12.3. The zero-order valence-corrected chi connectivity index (χ0v) is 12.9. The predicted octanol–water partition coefficient (Wildman–Crippen LogP) is 2.45. The summed E-state index contributed by atoms with van der Waals surface area (Å²) >= 11 is 0. The maximum Gasteiger partial charge on any atom is 0.255 e. The van der Waals surface area contributed by atoms with Crippen molar-refractivity contribution in [3.05, 3.63) is 23.8 Å². The number of hydrogen-bond donors (Lipinski definition) is 1. The average Bonchev–Trinajstić information content (AvgIpc) is 2.87. The number of nitrogens with zero attached hydrogens (tertiary/aromatic N) is 2. The van der Waals surface area contributed by atoms with Crippen LogP contribution in [0.2, 0.25) is 0 Å². The normalized spacial score (nSPS) is 18.6. The summed E-state index contributed by atoms with van der Waals surface area (Å²) in [5.41, 5.74) is 8.35. The van der Waals surface area contributed by atoms with Crippen molar-refractivity contribution in [2.75, 3.05) is 37.8 Å². The Labute approximate surface area is 121 Å². The van der Waals surface area contributed by atoms with Crippen LogP contribution in [-0.4, -0.2) is 38.0 Å². The van der Waals surface area contributed by atoms with Crippen molar-refractivity contribution in [1.29, 1.82) is 0 Å². The molecule has 1 aromatic carbocycles. The minimum absolute atomic E-state index is 0.0352. The molecular weight excluding hydrogens is 250 g/mol. The van der Waals surface area contributed by atoms with Crippen molar-refractivity contribution in [1.82, 2.24) is 4.90 Å². The summed E-state index contributed by atoms with van der Waals surface area (Å²) in [5, 5.41) is 0. The van der Waals surface area contributed by atoms with E-state index in [2.05, 4.69) is 18.7 Å². The Kier molecular flexibility index (Phi) is 4.21. The van der Waals surface area contributed by atoms with Gasteiger partial charge in [0.1, 0.15) is 0 Å². The van der Waals surface area contributed by atoms with Gasteiger partial charge in [-0.3, -0.25) is 4.79 Å². The first kappa shape index (κ1) is 14.7. The highest BCUT2D eigenvalue weighted by molar-refractivity contribution is 6.00. The number of benzene rings is 1. The van der Waals surface area contributed by atoms with Crippen LogP contribution in [0.4, 0.5) is 11.4 Å². The molecule has 20 heavy (non-hydrogen) atoms. The number of nitrogen functional groups attached to an aromatic ring is 1. The lowest BCUT2D eigenvalue weighted by Crippen LogP contribution is -2.27. The van der Waals surface area contributed by atoms with E-state index in [0.29, 0.717) is 17.5 Å². The second kappa shape index (κ2) is 5.73. The third kappa shape index (κ3) is 2.89. The Morgan fingerprint density at radius 2 is 2.10 bits per heavy atom. The van der Waals surface area contributed by atoms with Gasteiger partial charge < -0.3 is 15.5 Å². The molecule has 2 rings (SSSR count). The Balaban J connectivity index is 2.31. The zero-order chi connectivity index (χ0) is 14.9. The van der Waals surface area contributed by atoms with E-state index >= 15 is 0 Å². The summed E-state index contributed by atoms with van der Waals surface area (Å²) in [5.74, 6) is 1.40. The molecule has 1 aromatic rings. The van der Waals surface area contributed by atoms with Crippen molar-refractivity contribution in [2.45, 2.75) is 20.3 Å². The maximum atomic E-state index is 12.3. The number of anilines is 2. The topological polar surface area (TPSA) is 49.6 Å². The van der Waals surface area contributed by atoms with Gasteiger partial charge in [-0.2, -0.15) is 0 Å². The van der Waals surface area contributed by atoms with Crippen molar-refractivity contribution < 1.29 is 4.79 Å². The third-order valence-electron chi connectivity index (χ3n) is 4.17. The van der Waals surface area contributed by atoms with Gasteiger partial charge in [-0.1, -0.05) is 13.8 Å². The van der Waals surface area contributed by atoms with Gasteiger partial charge in [-0.05, 0) is 36.5 Å². The van der Waals surface area contributed by atoms with E-state index in [4.69, 9.17) is 5.73 Å². The van der Waals surface area contributed by atoms with Gasteiger partial charge in [-0.15, -0.1) is 0 Å². The van der Waals surface area contributed by atoms with E-state index < -0.39 is 0 Å². The number of rotatable bonds is 3. The number of carbonyl (C=O) groups is 1. The number of hydrogen-bond acceptors (Lipinski definition) is 3. The van der Waals surface area contributed by atoms with Crippen LogP contribution in [0.5, 0.6) is 0 Å². The smallest absolute Gasteiger partial charge is 0.255 e. The predicted molar refractivity (Wildman–Crippen MR) is 84.0 cm³/mol. The van der Waals surface area contributed by atoms with Gasteiger partial charge >= 0.3 is 0 Å². The minimum Gasteiger partial charge on any atom is -0.399 e. The number of amides is 1. The molecule has 0 aromatic heterocycles. The summed E-state index contributed by atoms with van der Waals surface area (Å²) in [6.07, 6.45) is 1.18. The largest absolute Gasteiger partial charge is 0.399 e. The van der Waals surface area contributed by atoms with Crippen molar-refractivity contribution in [2.24, 2.45) is 11.8 Å². The zero-order valence-electron chi connectivity index (χ0n) is 12.9. The fraction of sp³-hybridized carbons (Fsp3) is 0.562. The van der Waals surface area contributed by atoms with E-state index in [0.717, 1.165) is 24.3 Å². The lowest BCUT2D eigenvalue weighted by atomic mass is 9.95. The number of nitrogens with two attached hydrogens (primary N) is 1. The van der Waals surface area contributed by atoms with E-state index in [9.17, 15) is 4.79 Å². The van der Waals surface area contributed by atoms with Gasteiger partial charge in [0.15, 0.2) is 0 Å². The fourth-order valence-corrected chi connectivity index (χ4v) is 2.78. The molecule has 4 nitrogen and oxygen atoms in total. The highest BCUT2D eigenvalue weighted by Gasteiger charge is 2.27. The van der Waals surface area contributed by atoms with Gasteiger partial charge in [0, 0.05) is 32.9 Å². The molecule has 0 aliphatic carbocycles. The molecule has 1 heterocycles. The van der Waals surface area contributed by atoms with Crippen molar-refractivity contribution in [3.63, 3.8) is 0 Å². The van der Waals surface area contributed by atoms with Gasteiger partial charge in [0.2, 0.25) is 0 Å². The van der Waals surface area contributed by atoms with Crippen molar-refractivity contribution in [3.8, 4) is 0 Å². The van der Waals surface area contributed by atoms with E-state index in [1.54, 1.807) is 25.1 Å². The van der Waals surface area contributed by atoms with Crippen LogP contribution >= 0.6 is 0 Å². The summed E-state index contributed by atoms with van der Waals surface area (Å²) < 4.78 is 0. The molecule has 0 bridgehead atoms. The van der Waals surface area contributed by atoms with Crippen LogP contribution in [0, 0.1) is 11.8 Å². The Hall–Kier alpha value is -1.71. The van der Waals surface area contributed by atoms with Crippen LogP contribution in [0.1, 0.15) is 30.6 Å². The molecule has 1 atom stereocenters. The molecule has 1 fully saturated rings. The standard InChI is InChI=1S/C16H25N3O/c1-11(2)12-7-8-19(10-12)15-9-13(17)5-6-14(15)16(20)18(3)4/h5-6,9,11-12H,7-8,10,17H2,1-4H3. The van der Waals surface area contributed by atoms with Crippen molar-refractivity contribution >= 4 is 17.3 Å². The summed E-state index contributed by atoms with van der Waals surface area (Å²) in [6, 6.07) is 5.57. The van der Waals surface area contributed by atoms with Gasteiger partial charge in [-0.25, -0.2) is 0 Å². The Morgan fingerprint density at radius 1 is 1.40 bits per heavy atom. The molecular formula is C16H25N3O. The van der Waals surface area contributed by atoms with E-state index in [1.807, 2.05) is 12.1 Å².